The van der Waals surface area contributed by atoms with Gasteiger partial charge in [0.1, 0.15) is 0 Å². The molecule has 1 aliphatic rings. The molecule has 1 saturated heterocycles. The predicted molar refractivity (Wildman–Crippen MR) is 82.5 cm³/mol. The Morgan fingerprint density at radius 1 is 1.11 bits per heavy atom. The maximum absolute atomic E-state index is 5.45. The molecule has 0 aromatic carbocycles. The highest BCUT2D eigenvalue weighted by molar-refractivity contribution is 4.78. The molecule has 1 heterocycles. The average molecular weight is 270 g/mol. The third kappa shape index (κ3) is 6.73. The van der Waals surface area contributed by atoms with E-state index in [-0.39, 0.29) is 0 Å². The molecule has 19 heavy (non-hydrogen) atoms. The van der Waals surface area contributed by atoms with Crippen molar-refractivity contribution in [1.82, 2.24) is 10.2 Å². The van der Waals surface area contributed by atoms with E-state index >= 15 is 0 Å². The number of nitrogens with zero attached hydrogens (tertiary/aromatic N) is 1. The first-order chi connectivity index (χ1) is 9.00. The zero-order valence-corrected chi connectivity index (χ0v) is 13.6. The maximum atomic E-state index is 5.45. The normalized spacial score (nSPS) is 19.6. The van der Waals surface area contributed by atoms with E-state index in [2.05, 4.69) is 45.0 Å². The van der Waals surface area contributed by atoms with Gasteiger partial charge in [-0.05, 0) is 44.2 Å². The summed E-state index contributed by atoms with van der Waals surface area (Å²) >= 11 is 0. The zero-order chi connectivity index (χ0) is 14.3. The lowest BCUT2D eigenvalue weighted by molar-refractivity contribution is 0.0465. The Balaban J connectivity index is 2.35. The fraction of sp³-hybridized carbons (Fsp3) is 1.00. The van der Waals surface area contributed by atoms with Crippen LogP contribution in [-0.2, 0) is 4.74 Å². The molecule has 0 saturated carbocycles. The highest BCUT2D eigenvalue weighted by Gasteiger charge is 2.22. The summed E-state index contributed by atoms with van der Waals surface area (Å²) in [7, 11) is 2.29. The maximum Gasteiger partial charge on any atom is 0.0469 e. The van der Waals surface area contributed by atoms with Gasteiger partial charge in [-0.15, -0.1) is 0 Å². The Bertz CT molecular complexity index is 225. The molecule has 0 aromatic rings. The first-order valence-corrected chi connectivity index (χ1v) is 7.99. The van der Waals surface area contributed by atoms with Crippen molar-refractivity contribution in [3.63, 3.8) is 0 Å². The average Bonchev–Trinajstić information content (AvgIpc) is 2.35. The van der Waals surface area contributed by atoms with Crippen LogP contribution in [0.25, 0.3) is 0 Å². The minimum atomic E-state index is 0.640. The van der Waals surface area contributed by atoms with Gasteiger partial charge in [0.2, 0.25) is 0 Å². The molecule has 1 fully saturated rings. The molecule has 3 heteroatoms. The summed E-state index contributed by atoms with van der Waals surface area (Å²) in [4.78, 5) is 2.56. The van der Waals surface area contributed by atoms with Crippen LogP contribution in [0.1, 0.15) is 40.5 Å². The van der Waals surface area contributed by atoms with Gasteiger partial charge in [0.15, 0.2) is 0 Å². The van der Waals surface area contributed by atoms with Crippen LogP contribution in [0.15, 0.2) is 0 Å². The fourth-order valence-corrected chi connectivity index (χ4v) is 2.89. The molecule has 0 radical (unpaired) electrons. The lowest BCUT2D eigenvalue weighted by Crippen LogP contribution is -2.46. The molecule has 0 aromatic heterocycles. The molecule has 0 amide bonds. The van der Waals surface area contributed by atoms with Crippen molar-refractivity contribution >= 4 is 0 Å². The monoisotopic (exact) mass is 270 g/mol. The standard InChI is InChI=1S/C16H34N2O/c1-13(2)10-17-11-16(14(3)4)18(5)12-15-6-8-19-9-7-15/h13-17H,6-12H2,1-5H3. The minimum absolute atomic E-state index is 0.640. The second-order valence-corrected chi connectivity index (χ2v) is 6.86. The molecule has 0 spiro atoms. The molecule has 3 nitrogen and oxygen atoms in total. The quantitative estimate of drug-likeness (QED) is 0.734. The van der Waals surface area contributed by atoms with Crippen molar-refractivity contribution in [2.75, 3.05) is 39.9 Å². The largest absolute Gasteiger partial charge is 0.381 e. The van der Waals surface area contributed by atoms with Crippen LogP contribution < -0.4 is 5.32 Å². The topological polar surface area (TPSA) is 24.5 Å². The number of likely N-dealkylation sites (N-methyl/N-ethyl adjacent to an activating group) is 1. The highest BCUT2D eigenvalue weighted by atomic mass is 16.5. The van der Waals surface area contributed by atoms with Crippen molar-refractivity contribution in [1.29, 1.82) is 0 Å². The van der Waals surface area contributed by atoms with Crippen LogP contribution in [0.3, 0.4) is 0 Å². The van der Waals surface area contributed by atoms with Crippen LogP contribution in [0.5, 0.6) is 0 Å². The van der Waals surface area contributed by atoms with Gasteiger partial charge in [0, 0.05) is 32.3 Å². The van der Waals surface area contributed by atoms with Crippen molar-refractivity contribution in [3.05, 3.63) is 0 Å². The summed E-state index contributed by atoms with van der Waals surface area (Å²) in [5.41, 5.74) is 0. The van der Waals surface area contributed by atoms with Gasteiger partial charge in [-0.3, -0.25) is 0 Å². The summed E-state index contributed by atoms with van der Waals surface area (Å²) in [6.07, 6.45) is 2.46. The predicted octanol–water partition coefficient (Wildman–Crippen LogP) is 2.62. The summed E-state index contributed by atoms with van der Waals surface area (Å²) < 4.78 is 5.45. The van der Waals surface area contributed by atoms with E-state index in [0.717, 1.165) is 38.1 Å². The molecule has 1 N–H and O–H groups in total. The molecule has 1 unspecified atom stereocenters. The van der Waals surface area contributed by atoms with Gasteiger partial charge in [-0.1, -0.05) is 27.7 Å². The van der Waals surface area contributed by atoms with Crippen LogP contribution in [0.2, 0.25) is 0 Å². The van der Waals surface area contributed by atoms with Crippen LogP contribution in [0.4, 0.5) is 0 Å². The van der Waals surface area contributed by atoms with E-state index in [9.17, 15) is 0 Å². The summed E-state index contributed by atoms with van der Waals surface area (Å²) in [6.45, 7) is 14.6. The van der Waals surface area contributed by atoms with E-state index in [4.69, 9.17) is 4.74 Å². The first-order valence-electron chi connectivity index (χ1n) is 7.99. The third-order valence-corrected chi connectivity index (χ3v) is 4.13. The Labute approximate surface area is 120 Å². The molecule has 0 bridgehead atoms. The fourth-order valence-electron chi connectivity index (χ4n) is 2.89. The van der Waals surface area contributed by atoms with E-state index < -0.39 is 0 Å². The lowest BCUT2D eigenvalue weighted by Gasteiger charge is -2.35. The molecule has 1 rings (SSSR count). The van der Waals surface area contributed by atoms with Gasteiger partial charge in [-0.2, -0.15) is 0 Å². The second-order valence-electron chi connectivity index (χ2n) is 6.86. The lowest BCUT2D eigenvalue weighted by atomic mass is 9.96. The molecule has 1 aliphatic heterocycles. The smallest absolute Gasteiger partial charge is 0.0469 e. The van der Waals surface area contributed by atoms with Gasteiger partial charge in [-0.25, -0.2) is 0 Å². The number of hydrogen-bond acceptors (Lipinski definition) is 3. The van der Waals surface area contributed by atoms with Gasteiger partial charge in [0.25, 0.3) is 0 Å². The number of ether oxygens (including phenoxy) is 1. The van der Waals surface area contributed by atoms with Crippen molar-refractivity contribution < 1.29 is 4.74 Å². The zero-order valence-electron chi connectivity index (χ0n) is 13.6. The van der Waals surface area contributed by atoms with E-state index in [1.807, 2.05) is 0 Å². The first kappa shape index (κ1) is 16.9. The van der Waals surface area contributed by atoms with Crippen LogP contribution in [0, 0.1) is 17.8 Å². The van der Waals surface area contributed by atoms with Gasteiger partial charge in [0.05, 0.1) is 0 Å². The molecule has 1 atom stereocenters. The van der Waals surface area contributed by atoms with Crippen molar-refractivity contribution in [3.8, 4) is 0 Å². The van der Waals surface area contributed by atoms with E-state index in [0.29, 0.717) is 12.0 Å². The Kier molecular flexibility index (Phi) is 7.96. The van der Waals surface area contributed by atoms with E-state index in [1.54, 1.807) is 0 Å². The molecular formula is C16H34N2O. The highest BCUT2D eigenvalue weighted by Crippen LogP contribution is 2.18. The minimum Gasteiger partial charge on any atom is -0.381 e. The number of nitrogens with one attached hydrogen (secondary N) is 1. The van der Waals surface area contributed by atoms with Gasteiger partial charge < -0.3 is 15.0 Å². The van der Waals surface area contributed by atoms with Crippen LogP contribution >= 0.6 is 0 Å². The van der Waals surface area contributed by atoms with Crippen LogP contribution in [-0.4, -0.2) is 50.8 Å². The summed E-state index contributed by atoms with van der Waals surface area (Å²) in [6, 6.07) is 0.640. The van der Waals surface area contributed by atoms with Gasteiger partial charge >= 0.3 is 0 Å². The number of rotatable bonds is 8. The Morgan fingerprint density at radius 2 is 1.74 bits per heavy atom. The summed E-state index contributed by atoms with van der Waals surface area (Å²) in [5, 5.41) is 3.62. The SMILES string of the molecule is CC(C)CNCC(C(C)C)N(C)CC1CCOCC1. The molecule has 0 aliphatic carbocycles. The Hall–Kier alpha value is -0.120. The third-order valence-electron chi connectivity index (χ3n) is 4.13. The molecule has 114 valence electrons. The van der Waals surface area contributed by atoms with E-state index in [1.165, 1.54) is 19.4 Å². The van der Waals surface area contributed by atoms with Crippen molar-refractivity contribution in [2.24, 2.45) is 17.8 Å². The number of hydrogen-bond donors (Lipinski definition) is 1. The van der Waals surface area contributed by atoms with Crippen molar-refractivity contribution in [2.45, 2.75) is 46.6 Å². The second kappa shape index (κ2) is 8.93. The molecular weight excluding hydrogens is 236 g/mol. The summed E-state index contributed by atoms with van der Waals surface area (Å²) in [5.74, 6) is 2.25. The Morgan fingerprint density at radius 3 is 2.26 bits per heavy atom.